The smallest absolute Gasteiger partial charge is 0.0914 e. The quantitative estimate of drug-likeness (QED) is 0.821. The fourth-order valence-corrected chi connectivity index (χ4v) is 1.65. The molecule has 0 saturated carbocycles. The minimum Gasteiger partial charge on any atom is -0.387 e. The van der Waals surface area contributed by atoms with Crippen LogP contribution in [0.1, 0.15) is 17.2 Å². The summed E-state index contributed by atoms with van der Waals surface area (Å²) in [7, 11) is 0. The zero-order valence-corrected chi connectivity index (χ0v) is 9.58. The van der Waals surface area contributed by atoms with Gasteiger partial charge in [-0.25, -0.2) is 0 Å². The fourth-order valence-electron chi connectivity index (χ4n) is 1.65. The maximum atomic E-state index is 9.92. The highest BCUT2D eigenvalue weighted by Gasteiger charge is 2.05. The van der Waals surface area contributed by atoms with Crippen molar-refractivity contribution < 1.29 is 5.11 Å². The van der Waals surface area contributed by atoms with Gasteiger partial charge in [0, 0.05) is 25.5 Å². The molecule has 1 heterocycles. The van der Waals surface area contributed by atoms with E-state index in [1.165, 1.54) is 0 Å². The molecule has 2 N–H and O–H groups in total. The Morgan fingerprint density at radius 1 is 1.12 bits per heavy atom. The Labute approximate surface area is 101 Å². The molecule has 0 radical (unpaired) electrons. The van der Waals surface area contributed by atoms with E-state index in [1.807, 2.05) is 48.7 Å². The number of hydrogen-bond donors (Lipinski definition) is 2. The van der Waals surface area contributed by atoms with Crippen LogP contribution in [0.2, 0.25) is 0 Å². The highest BCUT2D eigenvalue weighted by molar-refractivity contribution is 5.17. The summed E-state index contributed by atoms with van der Waals surface area (Å²) in [6.45, 7) is 1.26. The lowest BCUT2D eigenvalue weighted by molar-refractivity contribution is 0.174. The van der Waals surface area contributed by atoms with E-state index < -0.39 is 6.10 Å². The molecule has 1 atom stereocenters. The van der Waals surface area contributed by atoms with Gasteiger partial charge in [0.2, 0.25) is 0 Å². The molecule has 0 aliphatic heterocycles. The van der Waals surface area contributed by atoms with Crippen LogP contribution in [-0.4, -0.2) is 16.6 Å². The number of benzene rings is 1. The van der Waals surface area contributed by atoms with E-state index in [1.54, 1.807) is 6.20 Å². The molecule has 2 aromatic rings. The van der Waals surface area contributed by atoms with Crippen LogP contribution in [0.25, 0.3) is 0 Å². The molecule has 88 valence electrons. The molecule has 1 aromatic heterocycles. The van der Waals surface area contributed by atoms with Crippen molar-refractivity contribution in [1.82, 2.24) is 10.3 Å². The first-order valence-electron chi connectivity index (χ1n) is 5.69. The van der Waals surface area contributed by atoms with Crippen molar-refractivity contribution in [3.8, 4) is 0 Å². The van der Waals surface area contributed by atoms with Gasteiger partial charge in [-0.3, -0.25) is 4.98 Å². The summed E-state index contributed by atoms with van der Waals surface area (Å²) in [4.78, 5) is 4.04. The van der Waals surface area contributed by atoms with Crippen molar-refractivity contribution in [2.45, 2.75) is 12.6 Å². The summed E-state index contributed by atoms with van der Waals surface area (Å²) in [6.07, 6.45) is 3.11. The minimum atomic E-state index is -0.465. The van der Waals surface area contributed by atoms with Crippen LogP contribution in [0.4, 0.5) is 0 Å². The predicted octanol–water partition coefficient (Wildman–Crippen LogP) is 1.90. The van der Waals surface area contributed by atoms with Gasteiger partial charge in [-0.05, 0) is 17.2 Å². The SMILES string of the molecule is OC(CNCc1cccnc1)c1ccccc1. The van der Waals surface area contributed by atoms with Crippen LogP contribution >= 0.6 is 0 Å². The van der Waals surface area contributed by atoms with Crippen LogP contribution in [0.15, 0.2) is 54.9 Å². The summed E-state index contributed by atoms with van der Waals surface area (Å²) < 4.78 is 0. The Bertz CT molecular complexity index is 430. The fraction of sp³-hybridized carbons (Fsp3) is 0.214. The number of pyridine rings is 1. The van der Waals surface area contributed by atoms with Gasteiger partial charge in [-0.1, -0.05) is 36.4 Å². The first-order chi connectivity index (χ1) is 8.36. The summed E-state index contributed by atoms with van der Waals surface area (Å²) in [5.74, 6) is 0. The zero-order valence-electron chi connectivity index (χ0n) is 9.58. The topological polar surface area (TPSA) is 45.1 Å². The van der Waals surface area contributed by atoms with Gasteiger partial charge >= 0.3 is 0 Å². The molecule has 0 aliphatic rings. The molecule has 0 aliphatic carbocycles. The number of aliphatic hydroxyl groups is 1. The Balaban J connectivity index is 1.79. The Kier molecular flexibility index (Phi) is 4.24. The molecule has 3 nitrogen and oxygen atoms in total. The second-order valence-electron chi connectivity index (χ2n) is 3.92. The van der Waals surface area contributed by atoms with Gasteiger partial charge in [0.15, 0.2) is 0 Å². The first-order valence-corrected chi connectivity index (χ1v) is 5.69. The van der Waals surface area contributed by atoms with Crippen LogP contribution in [-0.2, 0) is 6.54 Å². The number of rotatable bonds is 5. The van der Waals surface area contributed by atoms with Crippen molar-refractivity contribution in [2.75, 3.05) is 6.54 Å². The molecule has 1 aromatic carbocycles. The first kappa shape index (κ1) is 11.8. The number of aromatic nitrogens is 1. The molecule has 17 heavy (non-hydrogen) atoms. The lowest BCUT2D eigenvalue weighted by Crippen LogP contribution is -2.21. The van der Waals surface area contributed by atoms with Crippen molar-refractivity contribution in [1.29, 1.82) is 0 Å². The largest absolute Gasteiger partial charge is 0.387 e. The van der Waals surface area contributed by atoms with Crippen LogP contribution in [0, 0.1) is 0 Å². The lowest BCUT2D eigenvalue weighted by Gasteiger charge is -2.11. The predicted molar refractivity (Wildman–Crippen MR) is 67.3 cm³/mol. The highest BCUT2D eigenvalue weighted by Crippen LogP contribution is 2.10. The zero-order chi connectivity index (χ0) is 11.9. The Hall–Kier alpha value is -1.71. The lowest BCUT2D eigenvalue weighted by atomic mass is 10.1. The minimum absolute atomic E-state index is 0.465. The second-order valence-corrected chi connectivity index (χ2v) is 3.92. The van der Waals surface area contributed by atoms with Crippen molar-refractivity contribution >= 4 is 0 Å². The molecule has 0 fully saturated rings. The van der Waals surface area contributed by atoms with Gasteiger partial charge in [0.1, 0.15) is 0 Å². The van der Waals surface area contributed by atoms with Crippen LogP contribution in [0.3, 0.4) is 0 Å². The second kappa shape index (κ2) is 6.13. The number of nitrogens with zero attached hydrogens (tertiary/aromatic N) is 1. The third kappa shape index (κ3) is 3.66. The van der Waals surface area contributed by atoms with Gasteiger partial charge in [0.05, 0.1) is 6.10 Å². The standard InChI is InChI=1S/C14H16N2O/c17-14(13-6-2-1-3-7-13)11-16-10-12-5-4-8-15-9-12/h1-9,14,16-17H,10-11H2. The van der Waals surface area contributed by atoms with Crippen molar-refractivity contribution in [3.63, 3.8) is 0 Å². The monoisotopic (exact) mass is 228 g/mol. The number of nitrogens with one attached hydrogen (secondary N) is 1. The molecular formula is C14H16N2O. The molecule has 0 spiro atoms. The highest BCUT2D eigenvalue weighted by atomic mass is 16.3. The third-order valence-corrected chi connectivity index (χ3v) is 2.57. The van der Waals surface area contributed by atoms with Crippen molar-refractivity contribution in [3.05, 3.63) is 66.0 Å². The summed E-state index contributed by atoms with van der Waals surface area (Å²) in [5, 5.41) is 13.1. The number of hydrogen-bond acceptors (Lipinski definition) is 3. The molecule has 3 heteroatoms. The molecule has 1 unspecified atom stereocenters. The molecule has 0 amide bonds. The van der Waals surface area contributed by atoms with E-state index >= 15 is 0 Å². The Morgan fingerprint density at radius 2 is 1.94 bits per heavy atom. The summed E-state index contributed by atoms with van der Waals surface area (Å²) in [5.41, 5.74) is 2.05. The van der Waals surface area contributed by atoms with Crippen LogP contribution in [0.5, 0.6) is 0 Å². The van der Waals surface area contributed by atoms with E-state index in [0.29, 0.717) is 6.54 Å². The van der Waals surface area contributed by atoms with E-state index in [0.717, 1.165) is 17.7 Å². The average Bonchev–Trinajstić information content (AvgIpc) is 2.41. The Morgan fingerprint density at radius 3 is 2.65 bits per heavy atom. The normalized spacial score (nSPS) is 12.3. The van der Waals surface area contributed by atoms with Crippen molar-refractivity contribution in [2.24, 2.45) is 0 Å². The van der Waals surface area contributed by atoms with E-state index in [4.69, 9.17) is 0 Å². The number of aliphatic hydroxyl groups excluding tert-OH is 1. The third-order valence-electron chi connectivity index (χ3n) is 2.57. The van der Waals surface area contributed by atoms with Gasteiger partial charge in [-0.15, -0.1) is 0 Å². The maximum absolute atomic E-state index is 9.92. The molecule has 2 rings (SSSR count). The van der Waals surface area contributed by atoms with Gasteiger partial charge < -0.3 is 10.4 Å². The van der Waals surface area contributed by atoms with E-state index in [2.05, 4.69) is 10.3 Å². The molecule has 0 bridgehead atoms. The molecule has 0 saturated heterocycles. The van der Waals surface area contributed by atoms with E-state index in [9.17, 15) is 5.11 Å². The molecular weight excluding hydrogens is 212 g/mol. The van der Waals surface area contributed by atoms with Gasteiger partial charge in [0.25, 0.3) is 0 Å². The van der Waals surface area contributed by atoms with Gasteiger partial charge in [-0.2, -0.15) is 0 Å². The average molecular weight is 228 g/mol. The van der Waals surface area contributed by atoms with E-state index in [-0.39, 0.29) is 0 Å². The van der Waals surface area contributed by atoms with Crippen LogP contribution < -0.4 is 5.32 Å². The maximum Gasteiger partial charge on any atom is 0.0914 e. The summed E-state index contributed by atoms with van der Waals surface area (Å²) in [6, 6.07) is 13.6. The summed E-state index contributed by atoms with van der Waals surface area (Å²) >= 11 is 0.